The third kappa shape index (κ3) is 1.45. The van der Waals surface area contributed by atoms with E-state index in [0.717, 1.165) is 11.1 Å². The van der Waals surface area contributed by atoms with Crippen molar-refractivity contribution in [2.24, 2.45) is 0 Å². The zero-order chi connectivity index (χ0) is 9.10. The molecule has 0 spiro atoms. The predicted molar refractivity (Wildman–Crippen MR) is 48.9 cm³/mol. The lowest BCUT2D eigenvalue weighted by molar-refractivity contribution is 0.568. The molecule has 0 saturated carbocycles. The van der Waals surface area contributed by atoms with Crippen LogP contribution >= 0.6 is 0 Å². The largest absolute Gasteiger partial charge is 0.472 e. The molecule has 1 heterocycles. The summed E-state index contributed by atoms with van der Waals surface area (Å²) in [6.07, 6.45) is 3.31. The highest BCUT2D eigenvalue weighted by Gasteiger charge is 1.97. The van der Waals surface area contributed by atoms with Crippen molar-refractivity contribution in [3.8, 4) is 17.2 Å². The Bertz CT molecular complexity index is 420. The molecule has 1 aromatic carbocycles. The fourth-order valence-electron chi connectivity index (χ4n) is 1.17. The van der Waals surface area contributed by atoms with Gasteiger partial charge in [-0.25, -0.2) is 0 Å². The van der Waals surface area contributed by atoms with Crippen LogP contribution in [0.4, 0.5) is 0 Å². The Hall–Kier alpha value is -2.01. The van der Waals surface area contributed by atoms with Crippen LogP contribution in [-0.4, -0.2) is 0 Å². The van der Waals surface area contributed by atoms with Gasteiger partial charge in [0, 0.05) is 5.56 Å². The average Bonchev–Trinajstić information content (AvgIpc) is 2.71. The van der Waals surface area contributed by atoms with Gasteiger partial charge in [-0.05, 0) is 23.8 Å². The van der Waals surface area contributed by atoms with Crippen LogP contribution in [0.2, 0.25) is 0 Å². The molecular formula is C11H7NO. The van der Waals surface area contributed by atoms with Crippen LogP contribution in [-0.2, 0) is 0 Å². The number of nitrogens with zero attached hydrogens (tertiary/aromatic N) is 1. The highest BCUT2D eigenvalue weighted by molar-refractivity contribution is 5.62. The second kappa shape index (κ2) is 3.16. The zero-order valence-electron chi connectivity index (χ0n) is 6.90. The molecule has 0 aliphatic heterocycles. The number of nitriles is 1. The fraction of sp³-hybridized carbons (Fsp3) is 0. The standard InChI is InChI=1S/C11H7NO/c12-7-9-1-3-10(4-2-9)11-5-6-13-8-11/h1-6,8H. The molecule has 0 fully saturated rings. The number of hydrogen-bond acceptors (Lipinski definition) is 2. The molecule has 0 bridgehead atoms. The highest BCUT2D eigenvalue weighted by Crippen LogP contribution is 2.19. The summed E-state index contributed by atoms with van der Waals surface area (Å²) in [6, 6.07) is 11.4. The molecule has 2 aromatic rings. The Morgan fingerprint density at radius 3 is 2.31 bits per heavy atom. The highest BCUT2D eigenvalue weighted by atomic mass is 16.3. The van der Waals surface area contributed by atoms with E-state index in [0.29, 0.717) is 5.56 Å². The van der Waals surface area contributed by atoms with Crippen LogP contribution < -0.4 is 0 Å². The molecular weight excluding hydrogens is 162 g/mol. The summed E-state index contributed by atoms with van der Waals surface area (Å²) in [5, 5.41) is 8.59. The van der Waals surface area contributed by atoms with Crippen LogP contribution in [0.5, 0.6) is 0 Å². The van der Waals surface area contributed by atoms with Gasteiger partial charge in [-0.3, -0.25) is 0 Å². The maximum Gasteiger partial charge on any atom is 0.0991 e. The molecule has 62 valence electrons. The molecule has 2 rings (SSSR count). The summed E-state index contributed by atoms with van der Waals surface area (Å²) in [4.78, 5) is 0. The van der Waals surface area contributed by atoms with Gasteiger partial charge in [-0.1, -0.05) is 12.1 Å². The molecule has 0 N–H and O–H groups in total. The van der Waals surface area contributed by atoms with Crippen LogP contribution in [0.25, 0.3) is 11.1 Å². The van der Waals surface area contributed by atoms with E-state index in [4.69, 9.17) is 9.68 Å². The Labute approximate surface area is 76.0 Å². The summed E-state index contributed by atoms with van der Waals surface area (Å²) in [5.74, 6) is 0. The first-order chi connectivity index (χ1) is 6.40. The average molecular weight is 169 g/mol. The van der Waals surface area contributed by atoms with Crippen LogP contribution in [0, 0.1) is 11.3 Å². The van der Waals surface area contributed by atoms with E-state index in [9.17, 15) is 0 Å². The second-order valence-corrected chi connectivity index (χ2v) is 2.70. The lowest BCUT2D eigenvalue weighted by atomic mass is 10.1. The lowest BCUT2D eigenvalue weighted by Gasteiger charge is -1.95. The van der Waals surface area contributed by atoms with E-state index in [2.05, 4.69) is 6.07 Å². The minimum absolute atomic E-state index is 0.673. The minimum Gasteiger partial charge on any atom is -0.472 e. The quantitative estimate of drug-likeness (QED) is 0.658. The molecule has 0 radical (unpaired) electrons. The van der Waals surface area contributed by atoms with Crippen molar-refractivity contribution in [2.45, 2.75) is 0 Å². The lowest BCUT2D eigenvalue weighted by Crippen LogP contribution is -1.75. The van der Waals surface area contributed by atoms with Crippen molar-refractivity contribution in [3.63, 3.8) is 0 Å². The van der Waals surface area contributed by atoms with E-state index in [1.807, 2.05) is 18.2 Å². The summed E-state index contributed by atoms with van der Waals surface area (Å²) >= 11 is 0. The van der Waals surface area contributed by atoms with Gasteiger partial charge in [0.05, 0.1) is 24.2 Å². The summed E-state index contributed by atoms with van der Waals surface area (Å²) in [7, 11) is 0. The van der Waals surface area contributed by atoms with Crippen LogP contribution in [0.15, 0.2) is 47.3 Å². The van der Waals surface area contributed by atoms with Crippen molar-refractivity contribution in [1.82, 2.24) is 0 Å². The monoisotopic (exact) mass is 169 g/mol. The SMILES string of the molecule is N#Cc1ccc(-c2ccoc2)cc1. The third-order valence-electron chi connectivity index (χ3n) is 1.87. The number of furan rings is 1. The van der Waals surface area contributed by atoms with Crippen molar-refractivity contribution in [3.05, 3.63) is 48.4 Å². The van der Waals surface area contributed by atoms with E-state index < -0.39 is 0 Å². The molecule has 0 aliphatic rings. The molecule has 13 heavy (non-hydrogen) atoms. The van der Waals surface area contributed by atoms with Crippen LogP contribution in [0.1, 0.15) is 5.56 Å². The van der Waals surface area contributed by atoms with Gasteiger partial charge in [0.2, 0.25) is 0 Å². The molecule has 0 aliphatic carbocycles. The minimum atomic E-state index is 0.673. The normalized spacial score (nSPS) is 9.46. The van der Waals surface area contributed by atoms with Gasteiger partial charge in [0.25, 0.3) is 0 Å². The molecule has 2 heteroatoms. The fourth-order valence-corrected chi connectivity index (χ4v) is 1.17. The van der Waals surface area contributed by atoms with Crippen molar-refractivity contribution < 1.29 is 4.42 Å². The number of rotatable bonds is 1. The molecule has 1 aromatic heterocycles. The maximum absolute atomic E-state index is 8.59. The van der Waals surface area contributed by atoms with Crippen molar-refractivity contribution in [1.29, 1.82) is 5.26 Å². The third-order valence-corrected chi connectivity index (χ3v) is 1.87. The number of hydrogen-bond donors (Lipinski definition) is 0. The van der Waals surface area contributed by atoms with E-state index >= 15 is 0 Å². The van der Waals surface area contributed by atoms with E-state index in [1.54, 1.807) is 24.7 Å². The molecule has 0 amide bonds. The summed E-state index contributed by atoms with van der Waals surface area (Å²) in [6.45, 7) is 0. The first-order valence-corrected chi connectivity index (χ1v) is 3.93. The van der Waals surface area contributed by atoms with Crippen molar-refractivity contribution in [2.75, 3.05) is 0 Å². The Balaban J connectivity index is 2.40. The molecule has 0 saturated heterocycles. The Kier molecular flexibility index (Phi) is 1.85. The first-order valence-electron chi connectivity index (χ1n) is 3.93. The zero-order valence-corrected chi connectivity index (χ0v) is 6.90. The summed E-state index contributed by atoms with van der Waals surface area (Å²) in [5.41, 5.74) is 2.77. The van der Waals surface area contributed by atoms with E-state index in [-0.39, 0.29) is 0 Å². The van der Waals surface area contributed by atoms with Gasteiger partial charge >= 0.3 is 0 Å². The van der Waals surface area contributed by atoms with Gasteiger partial charge in [-0.2, -0.15) is 5.26 Å². The Morgan fingerprint density at radius 2 is 1.77 bits per heavy atom. The second-order valence-electron chi connectivity index (χ2n) is 2.70. The van der Waals surface area contributed by atoms with Gasteiger partial charge in [0.1, 0.15) is 0 Å². The van der Waals surface area contributed by atoms with E-state index in [1.165, 1.54) is 0 Å². The Morgan fingerprint density at radius 1 is 1.00 bits per heavy atom. The van der Waals surface area contributed by atoms with Gasteiger partial charge in [0.15, 0.2) is 0 Å². The van der Waals surface area contributed by atoms with Crippen molar-refractivity contribution >= 4 is 0 Å². The molecule has 0 atom stereocenters. The molecule has 0 unspecified atom stereocenters. The summed E-state index contributed by atoms with van der Waals surface area (Å²) < 4.78 is 4.96. The topological polar surface area (TPSA) is 36.9 Å². The maximum atomic E-state index is 8.59. The number of benzene rings is 1. The first kappa shape index (κ1) is 7.63. The van der Waals surface area contributed by atoms with Gasteiger partial charge in [-0.15, -0.1) is 0 Å². The van der Waals surface area contributed by atoms with Crippen LogP contribution in [0.3, 0.4) is 0 Å². The molecule has 2 nitrogen and oxygen atoms in total. The van der Waals surface area contributed by atoms with Gasteiger partial charge < -0.3 is 4.42 Å². The predicted octanol–water partition coefficient (Wildman–Crippen LogP) is 2.82. The smallest absolute Gasteiger partial charge is 0.0991 e.